The molecule has 0 fully saturated rings. The van der Waals surface area contributed by atoms with Gasteiger partial charge in [-0.1, -0.05) is 29.8 Å². The van der Waals surface area contributed by atoms with E-state index in [9.17, 15) is 18.0 Å². The molecule has 1 heterocycles. The molecule has 4 rings (SSSR count). The molecule has 34 heavy (non-hydrogen) atoms. The SMILES string of the molecule is CCOc1ccc2c(c1)c(=O)c(S(=O)(=O)c1ccc(Cl)cc1)cn2CC(=O)Nc1ccccc1. The predicted molar refractivity (Wildman–Crippen MR) is 131 cm³/mol. The Morgan fingerprint density at radius 3 is 2.41 bits per heavy atom. The van der Waals surface area contributed by atoms with Gasteiger partial charge >= 0.3 is 0 Å². The van der Waals surface area contributed by atoms with E-state index in [0.29, 0.717) is 28.6 Å². The Morgan fingerprint density at radius 1 is 1.03 bits per heavy atom. The Hall–Kier alpha value is -3.62. The first-order valence-electron chi connectivity index (χ1n) is 10.4. The summed E-state index contributed by atoms with van der Waals surface area (Å²) in [6.07, 6.45) is 1.21. The van der Waals surface area contributed by atoms with Crippen LogP contribution in [0.5, 0.6) is 5.75 Å². The number of carbonyl (C=O) groups excluding carboxylic acids is 1. The average Bonchev–Trinajstić information content (AvgIpc) is 2.82. The third kappa shape index (κ3) is 4.83. The molecule has 0 unspecified atom stereocenters. The number of aromatic nitrogens is 1. The summed E-state index contributed by atoms with van der Waals surface area (Å²) in [6, 6.07) is 19.2. The highest BCUT2D eigenvalue weighted by Gasteiger charge is 2.24. The monoisotopic (exact) mass is 496 g/mol. The van der Waals surface area contributed by atoms with E-state index in [0.717, 1.165) is 0 Å². The zero-order valence-corrected chi connectivity index (χ0v) is 19.8. The fourth-order valence-electron chi connectivity index (χ4n) is 3.55. The number of para-hydroxylation sites is 1. The van der Waals surface area contributed by atoms with Crippen LogP contribution < -0.4 is 15.5 Å². The van der Waals surface area contributed by atoms with Crippen LogP contribution in [0.3, 0.4) is 0 Å². The van der Waals surface area contributed by atoms with Crippen molar-refractivity contribution in [1.29, 1.82) is 0 Å². The Bertz CT molecular complexity index is 1520. The highest BCUT2D eigenvalue weighted by atomic mass is 35.5. The second kappa shape index (κ2) is 9.70. The smallest absolute Gasteiger partial charge is 0.244 e. The van der Waals surface area contributed by atoms with E-state index in [1.807, 2.05) is 6.07 Å². The van der Waals surface area contributed by atoms with Gasteiger partial charge in [-0.05, 0) is 61.5 Å². The number of carbonyl (C=O) groups is 1. The van der Waals surface area contributed by atoms with Gasteiger partial charge in [0.05, 0.1) is 22.4 Å². The van der Waals surface area contributed by atoms with Gasteiger partial charge < -0.3 is 14.6 Å². The topological polar surface area (TPSA) is 94.5 Å². The molecule has 174 valence electrons. The summed E-state index contributed by atoms with van der Waals surface area (Å²) in [5.74, 6) is 0.0494. The molecule has 0 spiro atoms. The number of nitrogens with one attached hydrogen (secondary N) is 1. The molecule has 7 nitrogen and oxygen atoms in total. The molecular formula is C25H21ClN2O5S. The van der Waals surface area contributed by atoms with Gasteiger partial charge in [0.2, 0.25) is 21.2 Å². The van der Waals surface area contributed by atoms with Crippen molar-refractivity contribution >= 4 is 43.9 Å². The second-order valence-electron chi connectivity index (χ2n) is 7.43. The number of halogens is 1. The lowest BCUT2D eigenvalue weighted by Gasteiger charge is -2.15. The number of benzene rings is 3. The lowest BCUT2D eigenvalue weighted by molar-refractivity contribution is -0.116. The average molecular weight is 497 g/mol. The summed E-state index contributed by atoms with van der Waals surface area (Å²) < 4.78 is 33.7. The Labute approximate surface area is 201 Å². The van der Waals surface area contributed by atoms with Crippen molar-refractivity contribution in [3.8, 4) is 5.75 Å². The summed E-state index contributed by atoms with van der Waals surface area (Å²) in [5, 5.41) is 3.27. The summed E-state index contributed by atoms with van der Waals surface area (Å²) in [7, 11) is -4.18. The lowest BCUT2D eigenvalue weighted by atomic mass is 10.2. The van der Waals surface area contributed by atoms with Crippen molar-refractivity contribution in [1.82, 2.24) is 4.57 Å². The van der Waals surface area contributed by atoms with E-state index in [1.165, 1.54) is 41.1 Å². The number of fused-ring (bicyclic) bond motifs is 1. The van der Waals surface area contributed by atoms with E-state index >= 15 is 0 Å². The van der Waals surface area contributed by atoms with E-state index in [1.54, 1.807) is 43.3 Å². The summed E-state index contributed by atoms with van der Waals surface area (Å²) in [4.78, 5) is 25.6. The Morgan fingerprint density at radius 2 is 1.74 bits per heavy atom. The highest BCUT2D eigenvalue weighted by Crippen LogP contribution is 2.25. The van der Waals surface area contributed by atoms with Crippen molar-refractivity contribution in [3.63, 3.8) is 0 Å². The maximum Gasteiger partial charge on any atom is 0.244 e. The van der Waals surface area contributed by atoms with Gasteiger partial charge in [-0.15, -0.1) is 0 Å². The lowest BCUT2D eigenvalue weighted by Crippen LogP contribution is -2.24. The molecule has 1 aromatic heterocycles. The van der Waals surface area contributed by atoms with Gasteiger partial charge in [0.15, 0.2) is 0 Å². The van der Waals surface area contributed by atoms with Crippen LogP contribution in [0.15, 0.2) is 93.6 Å². The molecule has 9 heteroatoms. The number of amides is 1. The zero-order valence-electron chi connectivity index (χ0n) is 18.2. The second-order valence-corrected chi connectivity index (χ2v) is 9.79. The minimum atomic E-state index is -4.18. The van der Waals surface area contributed by atoms with Crippen LogP contribution in [0.2, 0.25) is 5.02 Å². The number of hydrogen-bond donors (Lipinski definition) is 1. The van der Waals surface area contributed by atoms with E-state index in [-0.39, 0.29) is 22.7 Å². The molecular weight excluding hydrogens is 476 g/mol. The normalized spacial score (nSPS) is 11.4. The molecule has 0 aliphatic rings. The predicted octanol–water partition coefficient (Wildman–Crippen LogP) is 4.53. The summed E-state index contributed by atoms with van der Waals surface area (Å²) in [5.41, 5.74) is 0.337. The van der Waals surface area contributed by atoms with Crippen LogP contribution in [0.25, 0.3) is 10.9 Å². The summed E-state index contributed by atoms with van der Waals surface area (Å²) >= 11 is 5.89. The van der Waals surface area contributed by atoms with E-state index < -0.39 is 20.2 Å². The zero-order chi connectivity index (χ0) is 24.3. The maximum absolute atomic E-state index is 13.4. The van der Waals surface area contributed by atoms with Crippen molar-refractivity contribution in [2.75, 3.05) is 11.9 Å². The van der Waals surface area contributed by atoms with Crippen LogP contribution in [-0.4, -0.2) is 25.5 Å². The Kier molecular flexibility index (Phi) is 6.72. The number of pyridine rings is 1. The first-order chi connectivity index (χ1) is 16.3. The molecule has 0 aliphatic carbocycles. The highest BCUT2D eigenvalue weighted by molar-refractivity contribution is 7.91. The van der Waals surface area contributed by atoms with Crippen LogP contribution in [-0.2, 0) is 21.2 Å². The quantitative estimate of drug-likeness (QED) is 0.406. The van der Waals surface area contributed by atoms with Gasteiger partial charge in [0.1, 0.15) is 17.2 Å². The molecule has 4 aromatic rings. The standard InChI is InChI=1S/C25H21ClN2O5S/c1-2-33-19-10-13-22-21(14-19)25(30)23(34(31,32)20-11-8-17(26)9-12-20)15-28(22)16-24(29)27-18-6-4-3-5-7-18/h3-15H,2,16H2,1H3,(H,27,29). The number of nitrogens with zero attached hydrogens (tertiary/aromatic N) is 1. The van der Waals surface area contributed by atoms with Crippen molar-refractivity contribution in [2.45, 2.75) is 23.3 Å². The maximum atomic E-state index is 13.4. The molecule has 0 atom stereocenters. The van der Waals surface area contributed by atoms with E-state index in [2.05, 4.69) is 5.32 Å². The van der Waals surface area contributed by atoms with E-state index in [4.69, 9.17) is 16.3 Å². The fraction of sp³-hybridized carbons (Fsp3) is 0.120. The molecule has 0 radical (unpaired) electrons. The largest absolute Gasteiger partial charge is 0.494 e. The molecule has 1 amide bonds. The molecule has 0 bridgehead atoms. The van der Waals surface area contributed by atoms with Crippen molar-refractivity contribution in [2.24, 2.45) is 0 Å². The van der Waals surface area contributed by atoms with Gasteiger partial charge in [-0.3, -0.25) is 9.59 Å². The van der Waals surface area contributed by atoms with Crippen molar-refractivity contribution in [3.05, 3.63) is 94.2 Å². The molecule has 0 saturated carbocycles. The number of rotatable bonds is 7. The molecule has 0 aliphatic heterocycles. The minimum absolute atomic E-state index is 0.0744. The number of anilines is 1. The minimum Gasteiger partial charge on any atom is -0.494 e. The van der Waals surface area contributed by atoms with Gasteiger partial charge in [-0.25, -0.2) is 8.42 Å². The van der Waals surface area contributed by atoms with Crippen LogP contribution in [0, 0.1) is 0 Å². The molecule has 0 saturated heterocycles. The van der Waals surface area contributed by atoms with Crippen molar-refractivity contribution < 1.29 is 17.9 Å². The van der Waals surface area contributed by atoms with Crippen LogP contribution >= 0.6 is 11.6 Å². The third-order valence-electron chi connectivity index (χ3n) is 5.11. The third-order valence-corrected chi connectivity index (χ3v) is 7.13. The van der Waals surface area contributed by atoms with Crippen LogP contribution in [0.1, 0.15) is 6.92 Å². The number of ether oxygens (including phenoxy) is 1. The molecule has 1 N–H and O–H groups in total. The number of hydrogen-bond acceptors (Lipinski definition) is 5. The summed E-state index contributed by atoms with van der Waals surface area (Å²) in [6.45, 7) is 1.97. The number of sulfone groups is 1. The molecule has 3 aromatic carbocycles. The van der Waals surface area contributed by atoms with Gasteiger partial charge in [-0.2, -0.15) is 0 Å². The van der Waals surface area contributed by atoms with Gasteiger partial charge in [0, 0.05) is 16.9 Å². The van der Waals surface area contributed by atoms with Gasteiger partial charge in [0.25, 0.3) is 0 Å². The first kappa shape index (κ1) is 23.5. The fourth-order valence-corrected chi connectivity index (χ4v) is 5.04. The Balaban J connectivity index is 1.85. The van der Waals surface area contributed by atoms with Crippen LogP contribution in [0.4, 0.5) is 5.69 Å². The first-order valence-corrected chi connectivity index (χ1v) is 12.3.